The summed E-state index contributed by atoms with van der Waals surface area (Å²) >= 11 is 0. The molecule has 5 heteroatoms. The van der Waals surface area contributed by atoms with E-state index in [1.54, 1.807) is 13.0 Å². The molecule has 1 rings (SSSR count). The molecule has 108 valence electrons. The van der Waals surface area contributed by atoms with Gasteiger partial charge in [-0.3, -0.25) is 4.72 Å². The molecular weight excluding hydrogens is 260 g/mol. The molecule has 4 nitrogen and oxygen atoms in total. The van der Waals surface area contributed by atoms with Crippen LogP contribution in [0.2, 0.25) is 0 Å². The number of sulfonamides is 1. The number of hydrogen-bond donors (Lipinski definition) is 2. The highest BCUT2D eigenvalue weighted by Crippen LogP contribution is 2.22. The molecule has 1 aromatic carbocycles. The van der Waals surface area contributed by atoms with Gasteiger partial charge in [-0.15, -0.1) is 0 Å². The van der Waals surface area contributed by atoms with Crippen molar-refractivity contribution >= 4 is 21.4 Å². The molecule has 19 heavy (non-hydrogen) atoms. The molecule has 0 aliphatic carbocycles. The summed E-state index contributed by atoms with van der Waals surface area (Å²) in [5, 5.41) is 3.35. The first-order chi connectivity index (χ1) is 8.63. The second-order valence-corrected chi connectivity index (χ2v) is 7.96. The summed E-state index contributed by atoms with van der Waals surface area (Å²) in [4.78, 5) is 0. The Bertz CT molecular complexity index is 531. The van der Waals surface area contributed by atoms with Gasteiger partial charge in [-0.25, -0.2) is 8.42 Å². The van der Waals surface area contributed by atoms with Crippen LogP contribution in [0.4, 0.5) is 11.4 Å². The van der Waals surface area contributed by atoms with Crippen molar-refractivity contribution in [3.05, 3.63) is 23.8 Å². The van der Waals surface area contributed by atoms with Crippen molar-refractivity contribution in [1.29, 1.82) is 0 Å². The van der Waals surface area contributed by atoms with Gasteiger partial charge in [0.25, 0.3) is 0 Å². The SMILES string of the molecule is CCS(=O)(=O)Nc1ccc(NCC(C)(C)C)cc1C. The lowest BCUT2D eigenvalue weighted by atomic mass is 9.97. The first kappa shape index (κ1) is 15.8. The second-order valence-electron chi connectivity index (χ2n) is 5.95. The Labute approximate surface area is 116 Å². The van der Waals surface area contributed by atoms with Crippen LogP contribution in [0.3, 0.4) is 0 Å². The minimum atomic E-state index is -3.21. The van der Waals surface area contributed by atoms with Crippen LogP contribution < -0.4 is 10.0 Å². The fourth-order valence-electron chi connectivity index (χ4n) is 1.50. The molecule has 0 bridgehead atoms. The fraction of sp³-hybridized carbons (Fsp3) is 0.571. The predicted molar refractivity (Wildman–Crippen MR) is 82.2 cm³/mol. The highest BCUT2D eigenvalue weighted by atomic mass is 32.2. The Morgan fingerprint density at radius 2 is 1.84 bits per heavy atom. The zero-order chi connectivity index (χ0) is 14.7. The molecule has 0 aromatic heterocycles. The summed E-state index contributed by atoms with van der Waals surface area (Å²) in [6.07, 6.45) is 0. The van der Waals surface area contributed by atoms with E-state index in [4.69, 9.17) is 0 Å². The topological polar surface area (TPSA) is 58.2 Å². The van der Waals surface area contributed by atoms with E-state index in [-0.39, 0.29) is 11.2 Å². The molecule has 0 spiro atoms. The Kier molecular flexibility index (Phi) is 4.85. The van der Waals surface area contributed by atoms with Gasteiger partial charge in [0.2, 0.25) is 10.0 Å². The Morgan fingerprint density at radius 1 is 1.21 bits per heavy atom. The smallest absolute Gasteiger partial charge is 0.232 e. The minimum Gasteiger partial charge on any atom is -0.385 e. The Morgan fingerprint density at radius 3 is 2.32 bits per heavy atom. The van der Waals surface area contributed by atoms with Crippen LogP contribution in [-0.2, 0) is 10.0 Å². The predicted octanol–water partition coefficient (Wildman–Crippen LogP) is 3.21. The molecule has 0 radical (unpaired) electrons. The monoisotopic (exact) mass is 284 g/mol. The van der Waals surface area contributed by atoms with Crippen LogP contribution in [-0.4, -0.2) is 20.7 Å². The van der Waals surface area contributed by atoms with Crippen LogP contribution in [0.15, 0.2) is 18.2 Å². The van der Waals surface area contributed by atoms with Crippen LogP contribution >= 0.6 is 0 Å². The molecule has 0 saturated carbocycles. The standard InChI is InChI=1S/C14H24N2O2S/c1-6-19(17,18)16-13-8-7-12(9-11(13)2)15-10-14(3,4)5/h7-9,15-16H,6,10H2,1-5H3. The van der Waals surface area contributed by atoms with Crippen molar-refractivity contribution in [3.63, 3.8) is 0 Å². The largest absolute Gasteiger partial charge is 0.385 e. The van der Waals surface area contributed by atoms with Crippen LogP contribution in [0, 0.1) is 12.3 Å². The first-order valence-corrected chi connectivity index (χ1v) is 8.13. The Hall–Kier alpha value is -1.23. The highest BCUT2D eigenvalue weighted by molar-refractivity contribution is 7.92. The van der Waals surface area contributed by atoms with Crippen molar-refractivity contribution in [3.8, 4) is 0 Å². The van der Waals surface area contributed by atoms with E-state index in [0.717, 1.165) is 17.8 Å². The zero-order valence-corrected chi connectivity index (χ0v) is 13.2. The summed E-state index contributed by atoms with van der Waals surface area (Å²) in [6, 6.07) is 5.65. The van der Waals surface area contributed by atoms with Gasteiger partial charge in [-0.05, 0) is 43.0 Å². The fourth-order valence-corrected chi connectivity index (χ4v) is 2.20. The number of anilines is 2. The summed E-state index contributed by atoms with van der Waals surface area (Å²) in [5.41, 5.74) is 2.77. The maximum Gasteiger partial charge on any atom is 0.232 e. The molecule has 0 fully saturated rings. The van der Waals surface area contributed by atoms with Gasteiger partial charge in [-0.2, -0.15) is 0 Å². The van der Waals surface area contributed by atoms with Gasteiger partial charge >= 0.3 is 0 Å². The van der Waals surface area contributed by atoms with Crippen molar-refractivity contribution < 1.29 is 8.42 Å². The lowest BCUT2D eigenvalue weighted by Gasteiger charge is -2.20. The second kappa shape index (κ2) is 5.82. The van der Waals surface area contributed by atoms with Gasteiger partial charge in [0, 0.05) is 12.2 Å². The normalized spacial score (nSPS) is 12.3. The van der Waals surface area contributed by atoms with Gasteiger partial charge in [-0.1, -0.05) is 20.8 Å². The third-order valence-electron chi connectivity index (χ3n) is 2.69. The van der Waals surface area contributed by atoms with Crippen molar-refractivity contribution in [2.75, 3.05) is 22.3 Å². The number of hydrogen-bond acceptors (Lipinski definition) is 3. The minimum absolute atomic E-state index is 0.0798. The van der Waals surface area contributed by atoms with E-state index in [1.807, 2.05) is 19.1 Å². The maximum absolute atomic E-state index is 11.5. The molecule has 0 aliphatic heterocycles. The summed E-state index contributed by atoms with van der Waals surface area (Å²) in [6.45, 7) is 10.9. The molecule has 0 aliphatic rings. The number of benzene rings is 1. The van der Waals surface area contributed by atoms with E-state index in [0.29, 0.717) is 5.69 Å². The van der Waals surface area contributed by atoms with Crippen LogP contribution in [0.25, 0.3) is 0 Å². The Balaban J connectivity index is 2.81. The average molecular weight is 284 g/mol. The van der Waals surface area contributed by atoms with Crippen LogP contribution in [0.5, 0.6) is 0 Å². The molecule has 0 heterocycles. The number of rotatable bonds is 5. The molecule has 0 saturated heterocycles. The highest BCUT2D eigenvalue weighted by Gasteiger charge is 2.11. The van der Waals surface area contributed by atoms with Crippen molar-refractivity contribution in [2.24, 2.45) is 5.41 Å². The van der Waals surface area contributed by atoms with E-state index in [2.05, 4.69) is 30.8 Å². The molecule has 2 N–H and O–H groups in total. The van der Waals surface area contributed by atoms with Crippen LogP contribution in [0.1, 0.15) is 33.3 Å². The molecule has 1 aromatic rings. The summed E-state index contributed by atoms with van der Waals surface area (Å²) in [7, 11) is -3.21. The molecule has 0 atom stereocenters. The van der Waals surface area contributed by atoms with Gasteiger partial charge in [0.05, 0.1) is 11.4 Å². The van der Waals surface area contributed by atoms with Crippen molar-refractivity contribution in [1.82, 2.24) is 0 Å². The van der Waals surface area contributed by atoms with E-state index in [9.17, 15) is 8.42 Å². The van der Waals surface area contributed by atoms with Crippen molar-refractivity contribution in [2.45, 2.75) is 34.6 Å². The molecule has 0 unspecified atom stereocenters. The quantitative estimate of drug-likeness (QED) is 0.873. The zero-order valence-electron chi connectivity index (χ0n) is 12.4. The molecular formula is C14H24N2O2S. The summed E-state index contributed by atoms with van der Waals surface area (Å²) in [5.74, 6) is 0.0798. The average Bonchev–Trinajstić information content (AvgIpc) is 2.28. The van der Waals surface area contributed by atoms with Gasteiger partial charge < -0.3 is 5.32 Å². The molecule has 0 amide bonds. The summed E-state index contributed by atoms with van der Waals surface area (Å²) < 4.78 is 25.7. The number of aryl methyl sites for hydroxylation is 1. The van der Waals surface area contributed by atoms with E-state index >= 15 is 0 Å². The third kappa shape index (κ3) is 5.51. The van der Waals surface area contributed by atoms with Gasteiger partial charge in [0.1, 0.15) is 0 Å². The number of nitrogens with one attached hydrogen (secondary N) is 2. The lowest BCUT2D eigenvalue weighted by molar-refractivity contribution is 0.443. The lowest BCUT2D eigenvalue weighted by Crippen LogP contribution is -2.19. The third-order valence-corrected chi connectivity index (χ3v) is 3.99. The van der Waals surface area contributed by atoms with E-state index < -0.39 is 10.0 Å². The first-order valence-electron chi connectivity index (χ1n) is 6.48. The maximum atomic E-state index is 11.5. The van der Waals surface area contributed by atoms with Gasteiger partial charge in [0.15, 0.2) is 0 Å². The van der Waals surface area contributed by atoms with E-state index in [1.165, 1.54) is 0 Å².